The van der Waals surface area contributed by atoms with Gasteiger partial charge in [-0.25, -0.2) is 0 Å². The molecule has 2 amide bonds. The van der Waals surface area contributed by atoms with Crippen LogP contribution in [0.25, 0.3) is 6.08 Å². The zero-order chi connectivity index (χ0) is 21.8. The fourth-order valence-electron chi connectivity index (χ4n) is 4.43. The Balaban J connectivity index is 1.67. The van der Waals surface area contributed by atoms with Crippen LogP contribution in [0.2, 0.25) is 0 Å². The second-order valence-corrected chi connectivity index (χ2v) is 8.18. The molecule has 0 radical (unpaired) electrons. The maximum Gasteiger partial charge on any atom is 0.269 e. The Labute approximate surface area is 180 Å². The quantitative estimate of drug-likeness (QED) is 0.421. The smallest absolute Gasteiger partial charge is 0.269 e. The highest BCUT2D eigenvalue weighted by Gasteiger charge is 2.52. The molecule has 160 valence electrons. The average Bonchev–Trinajstić information content (AvgIpc) is 3.03. The number of nitrogens with zero attached hydrogens (tertiary/aromatic N) is 2. The van der Waals surface area contributed by atoms with Crippen LogP contribution in [0.1, 0.15) is 44.1 Å². The molecule has 0 unspecified atom stereocenters. The summed E-state index contributed by atoms with van der Waals surface area (Å²) in [6.45, 7) is 0. The fraction of sp³-hybridized carbons (Fsp3) is 0.333. The summed E-state index contributed by atoms with van der Waals surface area (Å²) in [6, 6.07) is 15.4. The van der Waals surface area contributed by atoms with Gasteiger partial charge in [0.2, 0.25) is 5.91 Å². The normalized spacial score (nSPS) is 22.3. The number of hydrogen-bond acceptors (Lipinski definition) is 5. The molecule has 1 saturated heterocycles. The van der Waals surface area contributed by atoms with Gasteiger partial charge >= 0.3 is 0 Å². The van der Waals surface area contributed by atoms with Crippen LogP contribution in [0.3, 0.4) is 0 Å². The predicted molar refractivity (Wildman–Crippen MR) is 118 cm³/mol. The minimum atomic E-state index is -1.22. The lowest BCUT2D eigenvalue weighted by Gasteiger charge is -2.32. The number of benzene rings is 2. The molecule has 7 heteroatoms. The standard InChI is InChI=1S/C24H25N3O4/c28-22-17-24(16-15-18-7-3-1-4-8-18,23(29)26(22)20-9-5-2-6-10-20)25-19-11-13-21(14-12-19)27(30)31/h1,3-4,7-8,11-16,20,25H,2,5-6,9-10,17H2/b16-15+/t24-/m0/s1. The van der Waals surface area contributed by atoms with E-state index in [1.807, 2.05) is 36.4 Å². The van der Waals surface area contributed by atoms with Crippen LogP contribution >= 0.6 is 0 Å². The molecule has 2 aromatic carbocycles. The van der Waals surface area contributed by atoms with Crippen molar-refractivity contribution in [1.29, 1.82) is 0 Å². The SMILES string of the molecule is O=C1C[C@](/C=C/c2ccccc2)(Nc2ccc([N+](=O)[O-])cc2)C(=O)N1C1CCCCC1. The van der Waals surface area contributed by atoms with Gasteiger partial charge in [-0.15, -0.1) is 0 Å². The molecular formula is C24H25N3O4. The lowest BCUT2D eigenvalue weighted by Crippen LogP contribution is -2.48. The van der Waals surface area contributed by atoms with Crippen molar-refractivity contribution in [3.05, 3.63) is 76.4 Å². The molecule has 1 aliphatic heterocycles. The van der Waals surface area contributed by atoms with Gasteiger partial charge in [-0.3, -0.25) is 24.6 Å². The molecular weight excluding hydrogens is 394 g/mol. The van der Waals surface area contributed by atoms with Gasteiger partial charge in [0.05, 0.1) is 11.3 Å². The zero-order valence-corrected chi connectivity index (χ0v) is 17.2. The third-order valence-corrected chi connectivity index (χ3v) is 6.04. The summed E-state index contributed by atoms with van der Waals surface area (Å²) in [4.78, 5) is 38.6. The second kappa shape index (κ2) is 8.71. The van der Waals surface area contributed by atoms with Gasteiger partial charge in [0.15, 0.2) is 0 Å². The molecule has 4 rings (SSSR count). The van der Waals surface area contributed by atoms with Gasteiger partial charge in [0.25, 0.3) is 11.6 Å². The second-order valence-electron chi connectivity index (χ2n) is 8.18. The number of anilines is 1. The Morgan fingerprint density at radius 1 is 1.00 bits per heavy atom. The molecule has 1 saturated carbocycles. The van der Waals surface area contributed by atoms with E-state index in [0.717, 1.165) is 37.7 Å². The van der Waals surface area contributed by atoms with Gasteiger partial charge in [-0.05, 0) is 36.6 Å². The Hall–Kier alpha value is -3.48. The van der Waals surface area contributed by atoms with Gasteiger partial charge in [-0.2, -0.15) is 0 Å². The van der Waals surface area contributed by atoms with E-state index in [1.54, 1.807) is 18.2 Å². The molecule has 1 N–H and O–H groups in total. The number of carbonyl (C=O) groups excluding carboxylic acids is 2. The first-order valence-corrected chi connectivity index (χ1v) is 10.6. The molecule has 1 atom stereocenters. The molecule has 1 heterocycles. The highest BCUT2D eigenvalue weighted by Crippen LogP contribution is 2.35. The van der Waals surface area contributed by atoms with E-state index in [9.17, 15) is 19.7 Å². The van der Waals surface area contributed by atoms with Crippen molar-refractivity contribution in [2.24, 2.45) is 0 Å². The van der Waals surface area contributed by atoms with Crippen LogP contribution in [-0.4, -0.2) is 33.2 Å². The maximum absolute atomic E-state index is 13.6. The first kappa shape index (κ1) is 20.8. The summed E-state index contributed by atoms with van der Waals surface area (Å²) in [5, 5.41) is 14.2. The number of amides is 2. The lowest BCUT2D eigenvalue weighted by molar-refractivity contribution is -0.384. The molecule has 0 bridgehead atoms. The van der Waals surface area contributed by atoms with E-state index in [1.165, 1.54) is 17.0 Å². The average molecular weight is 419 g/mol. The van der Waals surface area contributed by atoms with E-state index in [-0.39, 0.29) is 30.0 Å². The summed E-state index contributed by atoms with van der Waals surface area (Å²) in [5.74, 6) is -0.432. The third kappa shape index (κ3) is 4.35. The fourth-order valence-corrected chi connectivity index (χ4v) is 4.43. The van der Waals surface area contributed by atoms with Crippen molar-refractivity contribution >= 4 is 29.3 Å². The van der Waals surface area contributed by atoms with Gasteiger partial charge in [-0.1, -0.05) is 55.7 Å². The monoisotopic (exact) mass is 419 g/mol. The van der Waals surface area contributed by atoms with E-state index >= 15 is 0 Å². The number of hydrogen-bond donors (Lipinski definition) is 1. The molecule has 1 aliphatic carbocycles. The number of rotatable bonds is 6. The number of nitro groups is 1. The Morgan fingerprint density at radius 2 is 1.68 bits per heavy atom. The molecule has 2 fully saturated rings. The number of non-ortho nitro benzene ring substituents is 1. The minimum absolute atomic E-state index is 0.0165. The molecule has 7 nitrogen and oxygen atoms in total. The van der Waals surface area contributed by atoms with Crippen LogP contribution < -0.4 is 5.32 Å². The van der Waals surface area contributed by atoms with E-state index < -0.39 is 10.5 Å². The predicted octanol–water partition coefficient (Wildman–Crippen LogP) is 4.55. The van der Waals surface area contributed by atoms with E-state index in [2.05, 4.69) is 5.32 Å². The third-order valence-electron chi connectivity index (χ3n) is 6.04. The summed E-state index contributed by atoms with van der Waals surface area (Å²) in [5.41, 5.74) is 0.219. The van der Waals surface area contributed by atoms with Crippen LogP contribution in [0.15, 0.2) is 60.7 Å². The Bertz CT molecular complexity index is 997. The van der Waals surface area contributed by atoms with Crippen LogP contribution in [0.5, 0.6) is 0 Å². The van der Waals surface area contributed by atoms with Gasteiger partial charge in [0.1, 0.15) is 5.54 Å². The number of likely N-dealkylation sites (tertiary alicyclic amines) is 1. The summed E-state index contributed by atoms with van der Waals surface area (Å²) in [6.07, 6.45) is 8.46. The maximum atomic E-state index is 13.6. The molecule has 2 aromatic rings. The molecule has 2 aliphatic rings. The van der Waals surface area contributed by atoms with Gasteiger partial charge in [0, 0.05) is 23.9 Å². The molecule has 0 spiro atoms. The minimum Gasteiger partial charge on any atom is -0.368 e. The van der Waals surface area contributed by atoms with Crippen molar-refractivity contribution in [1.82, 2.24) is 4.90 Å². The first-order valence-electron chi connectivity index (χ1n) is 10.6. The molecule has 0 aromatic heterocycles. The number of carbonyl (C=O) groups is 2. The first-order chi connectivity index (χ1) is 15.0. The van der Waals surface area contributed by atoms with E-state index in [4.69, 9.17) is 0 Å². The largest absolute Gasteiger partial charge is 0.368 e. The van der Waals surface area contributed by atoms with Crippen molar-refractivity contribution < 1.29 is 14.5 Å². The summed E-state index contributed by atoms with van der Waals surface area (Å²) >= 11 is 0. The highest BCUT2D eigenvalue weighted by molar-refractivity contribution is 6.12. The van der Waals surface area contributed by atoms with Crippen LogP contribution in [0, 0.1) is 10.1 Å². The van der Waals surface area contributed by atoms with Crippen molar-refractivity contribution in [2.45, 2.75) is 50.1 Å². The lowest BCUT2D eigenvalue weighted by atomic mass is 9.93. The summed E-state index contributed by atoms with van der Waals surface area (Å²) in [7, 11) is 0. The van der Waals surface area contributed by atoms with Crippen molar-refractivity contribution in [2.75, 3.05) is 5.32 Å². The summed E-state index contributed by atoms with van der Waals surface area (Å²) < 4.78 is 0. The Morgan fingerprint density at radius 3 is 2.32 bits per heavy atom. The number of nitrogens with one attached hydrogen (secondary N) is 1. The topological polar surface area (TPSA) is 92.5 Å². The Kier molecular flexibility index (Phi) is 5.84. The van der Waals surface area contributed by atoms with Crippen molar-refractivity contribution in [3.63, 3.8) is 0 Å². The number of nitro benzene ring substituents is 1. The van der Waals surface area contributed by atoms with Gasteiger partial charge < -0.3 is 5.32 Å². The van der Waals surface area contributed by atoms with Crippen molar-refractivity contribution in [3.8, 4) is 0 Å². The van der Waals surface area contributed by atoms with E-state index in [0.29, 0.717) is 5.69 Å². The zero-order valence-electron chi connectivity index (χ0n) is 17.2. The van der Waals surface area contributed by atoms with Crippen LogP contribution in [0.4, 0.5) is 11.4 Å². The highest BCUT2D eigenvalue weighted by atomic mass is 16.6. The van der Waals surface area contributed by atoms with Crippen LogP contribution in [-0.2, 0) is 9.59 Å². The number of imide groups is 1. The molecule has 31 heavy (non-hydrogen) atoms.